The van der Waals surface area contributed by atoms with Crippen LogP contribution in [0.2, 0.25) is 0 Å². The summed E-state index contributed by atoms with van der Waals surface area (Å²) < 4.78 is 5.05. The van der Waals surface area contributed by atoms with Gasteiger partial charge in [0.2, 0.25) is 5.91 Å². The molecule has 0 saturated carbocycles. The maximum Gasteiger partial charge on any atom is 0.408 e. The smallest absolute Gasteiger partial charge is 0.408 e. The van der Waals surface area contributed by atoms with E-state index in [-0.39, 0.29) is 31.6 Å². The molecule has 1 aliphatic heterocycles. The Balaban J connectivity index is 1.26. The van der Waals surface area contributed by atoms with E-state index in [4.69, 9.17) is 4.74 Å². The molecule has 3 rings (SSSR count). The third-order valence-electron chi connectivity index (χ3n) is 6.15. The van der Waals surface area contributed by atoms with Gasteiger partial charge in [-0.3, -0.25) is 14.6 Å². The quantitative estimate of drug-likeness (QED) is 0.248. The largest absolute Gasteiger partial charge is 0.480 e. The van der Waals surface area contributed by atoms with Crippen molar-refractivity contribution in [1.82, 2.24) is 31.1 Å². The topological polar surface area (TPSA) is 152 Å². The molecule has 1 aliphatic rings. The van der Waals surface area contributed by atoms with Crippen LogP contribution in [0.25, 0.3) is 0 Å². The van der Waals surface area contributed by atoms with Crippen molar-refractivity contribution in [3.63, 3.8) is 0 Å². The van der Waals surface area contributed by atoms with E-state index < -0.39 is 18.1 Å². The highest BCUT2D eigenvalue weighted by Gasteiger charge is 2.23. The van der Waals surface area contributed by atoms with Gasteiger partial charge in [-0.05, 0) is 11.1 Å². The molecule has 39 heavy (non-hydrogen) atoms. The molecule has 4 amide bonds. The van der Waals surface area contributed by atoms with E-state index in [1.807, 2.05) is 41.3 Å². The van der Waals surface area contributed by atoms with Crippen LogP contribution in [0.5, 0.6) is 0 Å². The van der Waals surface area contributed by atoms with Crippen LogP contribution in [-0.4, -0.2) is 97.3 Å². The van der Waals surface area contributed by atoms with Crippen LogP contribution < -0.4 is 21.3 Å². The monoisotopic (exact) mass is 540 g/mol. The molecular weight excluding hydrogens is 504 g/mol. The number of hydrogen-bond donors (Lipinski definition) is 5. The fourth-order valence-corrected chi connectivity index (χ4v) is 3.92. The summed E-state index contributed by atoms with van der Waals surface area (Å²) in [6.07, 6.45) is -0.875. The summed E-state index contributed by atoms with van der Waals surface area (Å²) in [4.78, 5) is 52.0. The first-order valence-corrected chi connectivity index (χ1v) is 12.9. The first kappa shape index (κ1) is 29.4. The lowest BCUT2D eigenvalue weighted by molar-refractivity contribution is -0.139. The number of ether oxygens (including phenoxy) is 1. The van der Waals surface area contributed by atoms with E-state index in [1.54, 1.807) is 24.3 Å². The number of benzene rings is 2. The number of alkyl carbamates (subject to hydrolysis) is 1. The highest BCUT2D eigenvalue weighted by Crippen LogP contribution is 2.02. The number of hydrogen-bond acceptors (Lipinski definition) is 7. The van der Waals surface area contributed by atoms with Gasteiger partial charge in [-0.25, -0.2) is 14.4 Å². The average Bonchev–Trinajstić information content (AvgIpc) is 2.95. The number of nitrogens with one attached hydrogen (secondary N) is 4. The number of piperazine rings is 1. The highest BCUT2D eigenvalue weighted by atomic mass is 16.5. The lowest BCUT2D eigenvalue weighted by atomic mass is 10.2. The molecule has 0 unspecified atom stereocenters. The number of carboxylic acids is 1. The molecular formula is C27H36N6O6. The molecule has 5 N–H and O–H groups in total. The number of amides is 4. The van der Waals surface area contributed by atoms with Crippen molar-refractivity contribution in [3.05, 3.63) is 71.8 Å². The molecule has 12 heteroatoms. The van der Waals surface area contributed by atoms with Gasteiger partial charge in [0, 0.05) is 52.4 Å². The zero-order chi connectivity index (χ0) is 27.9. The summed E-state index contributed by atoms with van der Waals surface area (Å²) in [5, 5.41) is 19.9. The van der Waals surface area contributed by atoms with Crippen molar-refractivity contribution in [2.45, 2.75) is 19.2 Å². The van der Waals surface area contributed by atoms with Gasteiger partial charge in [-0.1, -0.05) is 60.7 Å². The van der Waals surface area contributed by atoms with Gasteiger partial charge in [0.1, 0.15) is 12.6 Å². The predicted octanol–water partition coefficient (Wildman–Crippen LogP) is 0.599. The Morgan fingerprint density at radius 3 is 2.08 bits per heavy atom. The molecule has 0 radical (unpaired) electrons. The van der Waals surface area contributed by atoms with E-state index >= 15 is 0 Å². The predicted molar refractivity (Wildman–Crippen MR) is 144 cm³/mol. The van der Waals surface area contributed by atoms with Crippen LogP contribution in [0.4, 0.5) is 9.59 Å². The van der Waals surface area contributed by atoms with Crippen molar-refractivity contribution < 1.29 is 29.0 Å². The van der Waals surface area contributed by atoms with Crippen molar-refractivity contribution in [2.24, 2.45) is 0 Å². The molecule has 12 nitrogen and oxygen atoms in total. The second kappa shape index (κ2) is 15.9. The van der Waals surface area contributed by atoms with Crippen molar-refractivity contribution >= 4 is 24.0 Å². The Morgan fingerprint density at radius 1 is 0.821 bits per heavy atom. The molecule has 1 fully saturated rings. The molecule has 0 spiro atoms. The average molecular weight is 541 g/mol. The van der Waals surface area contributed by atoms with E-state index in [0.717, 1.165) is 24.2 Å². The lowest BCUT2D eigenvalue weighted by Crippen LogP contribution is -2.53. The van der Waals surface area contributed by atoms with Gasteiger partial charge in [0.25, 0.3) is 0 Å². The number of rotatable bonds is 13. The molecule has 0 bridgehead atoms. The fraction of sp³-hybridized carbons (Fsp3) is 0.407. The Morgan fingerprint density at radius 2 is 1.44 bits per heavy atom. The number of carbonyl (C=O) groups excluding carboxylic acids is 3. The lowest BCUT2D eigenvalue weighted by Gasteiger charge is -2.34. The number of aliphatic carboxylic acids is 1. The number of carbonyl (C=O) groups is 4. The van der Waals surface area contributed by atoms with Gasteiger partial charge in [-0.2, -0.15) is 0 Å². The first-order valence-electron chi connectivity index (χ1n) is 12.9. The normalized spacial score (nSPS) is 14.6. The van der Waals surface area contributed by atoms with Gasteiger partial charge in [0.15, 0.2) is 0 Å². The van der Waals surface area contributed by atoms with Gasteiger partial charge in [-0.15, -0.1) is 0 Å². The van der Waals surface area contributed by atoms with Crippen molar-refractivity contribution in [1.29, 1.82) is 0 Å². The van der Waals surface area contributed by atoms with E-state index in [9.17, 15) is 24.3 Å². The third-order valence-corrected chi connectivity index (χ3v) is 6.15. The minimum atomic E-state index is -1.31. The third kappa shape index (κ3) is 11.4. The maximum absolute atomic E-state index is 12.4. The van der Waals surface area contributed by atoms with Crippen LogP contribution in [0.3, 0.4) is 0 Å². The number of nitrogens with zero attached hydrogens (tertiary/aromatic N) is 2. The highest BCUT2D eigenvalue weighted by molar-refractivity contribution is 5.82. The zero-order valence-electron chi connectivity index (χ0n) is 21.8. The Bertz CT molecular complexity index is 1060. The molecule has 0 aromatic heterocycles. The molecule has 0 aliphatic carbocycles. The number of carboxylic acid groups (broad SMARTS) is 1. The van der Waals surface area contributed by atoms with Crippen LogP contribution in [0.15, 0.2) is 60.7 Å². The summed E-state index contributed by atoms with van der Waals surface area (Å²) in [5.74, 6) is -1.60. The maximum atomic E-state index is 12.4. The van der Waals surface area contributed by atoms with Crippen LogP contribution in [0.1, 0.15) is 11.1 Å². The molecule has 1 heterocycles. The zero-order valence-corrected chi connectivity index (χ0v) is 21.8. The molecule has 2 aromatic rings. The summed E-state index contributed by atoms with van der Waals surface area (Å²) in [6, 6.07) is 17.2. The van der Waals surface area contributed by atoms with Gasteiger partial charge >= 0.3 is 18.1 Å². The second-order valence-corrected chi connectivity index (χ2v) is 9.11. The minimum absolute atomic E-state index is 0.00880. The first-order chi connectivity index (χ1) is 18.9. The van der Waals surface area contributed by atoms with E-state index in [2.05, 4.69) is 26.2 Å². The summed E-state index contributed by atoms with van der Waals surface area (Å²) in [7, 11) is 0. The molecule has 1 saturated heterocycles. The van der Waals surface area contributed by atoms with Crippen molar-refractivity contribution in [3.8, 4) is 0 Å². The van der Waals surface area contributed by atoms with E-state index in [1.165, 1.54) is 0 Å². The van der Waals surface area contributed by atoms with Gasteiger partial charge in [0.05, 0.1) is 6.54 Å². The number of urea groups is 1. The minimum Gasteiger partial charge on any atom is -0.480 e. The Kier molecular flexibility index (Phi) is 12.0. The second-order valence-electron chi connectivity index (χ2n) is 9.11. The standard InChI is InChI=1S/C27H36N6O6/c34-24(29-18-23(25(35)36)31-27(38)39-20-22-9-5-2-6-10-22)19-33-15-13-32(14-16-33)12-11-28-26(37)30-17-21-7-3-1-4-8-21/h1-10,23H,11-20H2,(H,29,34)(H,31,38)(H,35,36)(H2,28,30,37)/t23-/m0/s1. The summed E-state index contributed by atoms with van der Waals surface area (Å²) in [5.41, 5.74) is 1.80. The van der Waals surface area contributed by atoms with Crippen LogP contribution >= 0.6 is 0 Å². The molecule has 1 atom stereocenters. The van der Waals surface area contributed by atoms with Crippen LogP contribution in [-0.2, 0) is 27.5 Å². The van der Waals surface area contributed by atoms with Gasteiger partial charge < -0.3 is 31.1 Å². The Labute approximate surface area is 227 Å². The van der Waals surface area contributed by atoms with Crippen LogP contribution in [0, 0.1) is 0 Å². The Hall–Kier alpha value is -4.16. The fourth-order valence-electron chi connectivity index (χ4n) is 3.92. The summed E-state index contributed by atoms with van der Waals surface area (Å²) in [6.45, 7) is 4.37. The summed E-state index contributed by atoms with van der Waals surface area (Å²) >= 11 is 0. The van der Waals surface area contributed by atoms with Crippen molar-refractivity contribution in [2.75, 3.05) is 52.4 Å². The SMILES string of the molecule is O=C(CN1CCN(CCNC(=O)NCc2ccccc2)CC1)NC[C@H](NC(=O)OCc1ccccc1)C(=O)O. The molecule has 2 aromatic carbocycles. The molecule has 210 valence electrons. The van der Waals surface area contributed by atoms with E-state index in [0.29, 0.717) is 32.7 Å².